The number of carbonyl (C=O) groups is 1. The van der Waals surface area contributed by atoms with E-state index in [1.807, 2.05) is 0 Å². The van der Waals surface area contributed by atoms with Crippen LogP contribution in [0.4, 0.5) is 16.3 Å². The summed E-state index contributed by atoms with van der Waals surface area (Å²) in [7, 11) is -3.44. The molecule has 11 heteroatoms. The fourth-order valence-corrected chi connectivity index (χ4v) is 4.86. The number of aromatic nitrogens is 2. The van der Waals surface area contributed by atoms with Gasteiger partial charge in [-0.2, -0.15) is 4.68 Å². The van der Waals surface area contributed by atoms with E-state index in [2.05, 4.69) is 44.7 Å². The molecule has 0 aliphatic carbocycles. The molecular weight excluding hydrogens is 444 g/mol. The third-order valence-electron chi connectivity index (χ3n) is 6.20. The Kier molecular flexibility index (Phi) is 6.91. The van der Waals surface area contributed by atoms with Gasteiger partial charge in [0.05, 0.1) is 12.4 Å². The highest BCUT2D eigenvalue weighted by Crippen LogP contribution is 2.26. The number of hydrogen-bond acceptors (Lipinski definition) is 7. The zero-order valence-electron chi connectivity index (χ0n) is 19.1. The third kappa shape index (κ3) is 6.04. The van der Waals surface area contributed by atoms with Crippen LogP contribution >= 0.6 is 0 Å². The molecular formula is C22H32N6O4S. The van der Waals surface area contributed by atoms with Gasteiger partial charge >= 0.3 is 6.03 Å². The molecule has 1 amide bonds. The minimum absolute atomic E-state index is 0.128. The van der Waals surface area contributed by atoms with E-state index in [9.17, 15) is 18.3 Å². The van der Waals surface area contributed by atoms with Crippen molar-refractivity contribution >= 4 is 27.6 Å². The summed E-state index contributed by atoms with van der Waals surface area (Å²) in [6, 6.07) is 7.78. The second kappa shape index (κ2) is 9.70. The SMILES string of the molecule is Cc1ccc(CN2CCN(C(=O)n3ccc(NS(C)(=O)=O)n3)CC2)cc1N1CCC(O)CC1. The van der Waals surface area contributed by atoms with Gasteiger partial charge in [-0.05, 0) is 37.0 Å². The van der Waals surface area contributed by atoms with Crippen LogP contribution in [-0.2, 0) is 16.6 Å². The molecule has 3 heterocycles. The fourth-order valence-electron chi connectivity index (χ4n) is 4.38. The summed E-state index contributed by atoms with van der Waals surface area (Å²) in [6.07, 6.45) is 3.94. The van der Waals surface area contributed by atoms with Crippen LogP contribution in [0.15, 0.2) is 30.5 Å². The van der Waals surface area contributed by atoms with E-state index >= 15 is 0 Å². The number of sulfonamides is 1. The number of rotatable bonds is 5. The lowest BCUT2D eigenvalue weighted by Crippen LogP contribution is -2.49. The lowest BCUT2D eigenvalue weighted by atomic mass is 10.0. The molecule has 33 heavy (non-hydrogen) atoms. The van der Waals surface area contributed by atoms with Gasteiger partial charge < -0.3 is 14.9 Å². The zero-order chi connectivity index (χ0) is 23.6. The Bertz CT molecular complexity index is 1090. The van der Waals surface area contributed by atoms with Gasteiger partial charge in [0.25, 0.3) is 0 Å². The maximum atomic E-state index is 12.7. The topological polar surface area (TPSA) is 111 Å². The number of benzene rings is 1. The molecule has 1 aromatic heterocycles. The largest absolute Gasteiger partial charge is 0.393 e. The number of aliphatic hydroxyl groups excluding tert-OH is 1. The van der Waals surface area contributed by atoms with Crippen molar-refractivity contribution in [2.45, 2.75) is 32.4 Å². The summed E-state index contributed by atoms with van der Waals surface area (Å²) in [5, 5.41) is 13.8. The molecule has 0 radical (unpaired) electrons. The maximum Gasteiger partial charge on any atom is 0.344 e. The fraction of sp³-hybridized carbons (Fsp3) is 0.545. The molecule has 0 bridgehead atoms. The van der Waals surface area contributed by atoms with Crippen molar-refractivity contribution in [3.63, 3.8) is 0 Å². The van der Waals surface area contributed by atoms with Crippen molar-refractivity contribution in [3.05, 3.63) is 41.6 Å². The highest BCUT2D eigenvalue weighted by atomic mass is 32.2. The molecule has 2 fully saturated rings. The van der Waals surface area contributed by atoms with E-state index in [4.69, 9.17) is 0 Å². The van der Waals surface area contributed by atoms with Crippen LogP contribution in [-0.4, -0.2) is 90.8 Å². The van der Waals surface area contributed by atoms with E-state index in [-0.39, 0.29) is 18.0 Å². The summed E-state index contributed by atoms with van der Waals surface area (Å²) in [6.45, 7) is 7.35. The number of nitrogens with zero attached hydrogens (tertiary/aromatic N) is 5. The molecule has 180 valence electrons. The Morgan fingerprint density at radius 2 is 1.82 bits per heavy atom. The number of nitrogens with one attached hydrogen (secondary N) is 1. The van der Waals surface area contributed by atoms with Crippen molar-refractivity contribution in [3.8, 4) is 0 Å². The molecule has 2 aromatic rings. The Morgan fingerprint density at radius 1 is 1.12 bits per heavy atom. The van der Waals surface area contributed by atoms with Crippen LogP contribution in [0, 0.1) is 6.92 Å². The van der Waals surface area contributed by atoms with Crippen LogP contribution in [0.2, 0.25) is 0 Å². The van der Waals surface area contributed by atoms with Crippen LogP contribution < -0.4 is 9.62 Å². The molecule has 2 N–H and O–H groups in total. The summed E-state index contributed by atoms with van der Waals surface area (Å²) in [4.78, 5) is 19.2. The standard InChI is InChI=1S/C22H32N6O4S/c1-17-3-4-18(15-20(17)26-8-5-19(29)6-9-26)16-25-11-13-27(14-12-25)22(30)28-10-7-21(23-28)24-33(2,31)32/h3-4,7,10,15,19,29H,5-6,8-9,11-14,16H2,1-2H3,(H,23,24). The van der Waals surface area contributed by atoms with Crippen molar-refractivity contribution in [2.24, 2.45) is 0 Å². The Balaban J connectivity index is 1.32. The van der Waals surface area contributed by atoms with Gasteiger partial charge in [0, 0.05) is 63.8 Å². The molecule has 10 nitrogen and oxygen atoms in total. The number of carbonyl (C=O) groups excluding carboxylic acids is 1. The quantitative estimate of drug-likeness (QED) is 0.669. The molecule has 2 aliphatic rings. The molecule has 0 atom stereocenters. The van der Waals surface area contributed by atoms with Crippen molar-refractivity contribution in [2.75, 3.05) is 55.1 Å². The molecule has 4 rings (SSSR count). The summed E-state index contributed by atoms with van der Waals surface area (Å²) >= 11 is 0. The first-order valence-electron chi connectivity index (χ1n) is 11.3. The molecule has 1 aromatic carbocycles. The van der Waals surface area contributed by atoms with E-state index in [0.29, 0.717) is 13.1 Å². The Labute approximate surface area is 194 Å². The average molecular weight is 477 g/mol. The lowest BCUT2D eigenvalue weighted by molar-refractivity contribution is 0.134. The van der Waals surface area contributed by atoms with Gasteiger partial charge in [0.2, 0.25) is 10.0 Å². The second-order valence-corrected chi connectivity index (χ2v) is 10.7. The van der Waals surface area contributed by atoms with E-state index in [1.54, 1.807) is 4.90 Å². The predicted molar refractivity (Wildman–Crippen MR) is 127 cm³/mol. The number of amides is 1. The van der Waals surface area contributed by atoms with E-state index in [1.165, 1.54) is 33.8 Å². The van der Waals surface area contributed by atoms with Crippen molar-refractivity contribution in [1.82, 2.24) is 19.6 Å². The van der Waals surface area contributed by atoms with Gasteiger partial charge in [0.15, 0.2) is 5.82 Å². The van der Waals surface area contributed by atoms with Gasteiger partial charge in [-0.25, -0.2) is 13.2 Å². The van der Waals surface area contributed by atoms with Gasteiger partial charge in [-0.3, -0.25) is 9.62 Å². The molecule has 2 saturated heterocycles. The van der Waals surface area contributed by atoms with Gasteiger partial charge in [0.1, 0.15) is 0 Å². The Morgan fingerprint density at radius 3 is 2.48 bits per heavy atom. The smallest absolute Gasteiger partial charge is 0.344 e. The molecule has 0 saturated carbocycles. The first-order valence-corrected chi connectivity index (χ1v) is 13.1. The number of aryl methyl sites for hydroxylation is 1. The normalized spacial score (nSPS) is 18.5. The van der Waals surface area contributed by atoms with Crippen LogP contribution in [0.1, 0.15) is 24.0 Å². The first kappa shape index (κ1) is 23.5. The Hall–Kier alpha value is -2.63. The number of piperidine rings is 1. The summed E-state index contributed by atoms with van der Waals surface area (Å²) in [5.41, 5.74) is 3.73. The highest BCUT2D eigenvalue weighted by Gasteiger charge is 2.24. The predicted octanol–water partition coefficient (Wildman–Crippen LogP) is 1.31. The number of piperazine rings is 1. The van der Waals surface area contributed by atoms with Crippen molar-refractivity contribution < 1.29 is 18.3 Å². The van der Waals surface area contributed by atoms with E-state index < -0.39 is 10.0 Å². The number of aliphatic hydroxyl groups is 1. The number of hydrogen-bond donors (Lipinski definition) is 2. The first-order chi connectivity index (χ1) is 15.7. The highest BCUT2D eigenvalue weighted by molar-refractivity contribution is 7.92. The minimum atomic E-state index is -3.44. The average Bonchev–Trinajstić information content (AvgIpc) is 3.22. The lowest BCUT2D eigenvalue weighted by Gasteiger charge is -2.35. The number of anilines is 2. The summed E-state index contributed by atoms with van der Waals surface area (Å²) in [5.74, 6) is 0.128. The minimum Gasteiger partial charge on any atom is -0.393 e. The maximum absolute atomic E-state index is 12.7. The van der Waals surface area contributed by atoms with Crippen LogP contribution in [0.3, 0.4) is 0 Å². The monoisotopic (exact) mass is 476 g/mol. The second-order valence-electron chi connectivity index (χ2n) is 8.90. The zero-order valence-corrected chi connectivity index (χ0v) is 20.0. The third-order valence-corrected chi connectivity index (χ3v) is 6.78. The van der Waals surface area contributed by atoms with Gasteiger partial charge in [-0.15, -0.1) is 5.10 Å². The van der Waals surface area contributed by atoms with Crippen LogP contribution in [0.25, 0.3) is 0 Å². The summed E-state index contributed by atoms with van der Waals surface area (Å²) < 4.78 is 26.1. The molecule has 2 aliphatic heterocycles. The van der Waals surface area contributed by atoms with Crippen molar-refractivity contribution in [1.29, 1.82) is 0 Å². The van der Waals surface area contributed by atoms with Crippen LogP contribution in [0.5, 0.6) is 0 Å². The molecule has 0 spiro atoms. The van der Waals surface area contributed by atoms with E-state index in [0.717, 1.165) is 51.8 Å². The molecule has 0 unspecified atom stereocenters. The van der Waals surface area contributed by atoms with Gasteiger partial charge in [-0.1, -0.05) is 12.1 Å².